The second-order valence-corrected chi connectivity index (χ2v) is 6.53. The topological polar surface area (TPSA) is 123 Å². The molecule has 13 heteroatoms. The molecule has 0 saturated heterocycles. The molecule has 1 aliphatic heterocycles. The van der Waals surface area contributed by atoms with Gasteiger partial charge < -0.3 is 23.8 Å². The van der Waals surface area contributed by atoms with Gasteiger partial charge >= 0.3 is 18.3 Å². The lowest BCUT2D eigenvalue weighted by Gasteiger charge is -2.29. The summed E-state index contributed by atoms with van der Waals surface area (Å²) in [4.78, 5) is 37.8. The number of esters is 1. The summed E-state index contributed by atoms with van der Waals surface area (Å²) in [6.45, 7) is 2.95. The Bertz CT molecular complexity index is 898. The first-order chi connectivity index (χ1) is 14.4. The number of carbonyl (C=O) groups excluding carboxylic acids is 2. The molecule has 0 bridgehead atoms. The van der Waals surface area contributed by atoms with E-state index in [1.165, 1.54) is 6.92 Å². The first-order valence-electron chi connectivity index (χ1n) is 8.72. The van der Waals surface area contributed by atoms with Crippen molar-refractivity contribution in [2.45, 2.75) is 39.2 Å². The third-order valence-electron chi connectivity index (χ3n) is 3.88. The molecule has 2 rings (SSSR count). The van der Waals surface area contributed by atoms with Crippen LogP contribution in [0, 0.1) is 24.0 Å². The fourth-order valence-electron chi connectivity index (χ4n) is 2.71. The molecule has 1 heterocycles. The number of ether oxygens (including phenoxy) is 4. The summed E-state index contributed by atoms with van der Waals surface area (Å²) in [6.07, 6.45) is -8.93. The second-order valence-electron chi connectivity index (χ2n) is 6.53. The molecule has 170 valence electrons. The largest absolute Gasteiger partial charge is 0.511 e. The van der Waals surface area contributed by atoms with Gasteiger partial charge in [-0.25, -0.2) is 9.59 Å². The summed E-state index contributed by atoms with van der Waals surface area (Å²) < 4.78 is 58.8. The molecule has 10 nitrogen and oxygen atoms in total. The summed E-state index contributed by atoms with van der Waals surface area (Å²) in [7, 11) is 0. The Morgan fingerprint density at radius 2 is 1.90 bits per heavy atom. The van der Waals surface area contributed by atoms with Crippen molar-refractivity contribution in [2.75, 3.05) is 13.4 Å². The molecule has 0 amide bonds. The Balaban J connectivity index is 2.02. The van der Waals surface area contributed by atoms with Gasteiger partial charge in [-0.1, -0.05) is 11.6 Å². The van der Waals surface area contributed by atoms with Gasteiger partial charge in [-0.05, 0) is 38.5 Å². The van der Waals surface area contributed by atoms with Crippen LogP contribution in [0.4, 0.5) is 18.0 Å². The standard InChI is InChI=1S/C18H18F3NO9/c1-9-4-10(2)14-12(5-9)6-13(15(30-14)18(19,20)21)16(23)28-8-29-17(24)27-7-11(3)31-22(25)26/h4-6,11,15H,7-8H2,1-3H3/t11-,15?/m0/s1. The molecule has 0 N–H and O–H groups in total. The summed E-state index contributed by atoms with van der Waals surface area (Å²) in [6, 6.07) is 3.19. The molecule has 1 unspecified atom stereocenters. The van der Waals surface area contributed by atoms with Crippen LogP contribution in [-0.4, -0.2) is 49.0 Å². The number of rotatable bonds is 7. The highest BCUT2D eigenvalue weighted by Gasteiger charge is 2.49. The Morgan fingerprint density at radius 3 is 2.52 bits per heavy atom. The van der Waals surface area contributed by atoms with Gasteiger partial charge in [-0.3, -0.25) is 0 Å². The molecule has 0 fully saturated rings. The lowest BCUT2D eigenvalue weighted by atomic mass is 9.97. The van der Waals surface area contributed by atoms with Crippen LogP contribution in [0.15, 0.2) is 17.7 Å². The minimum atomic E-state index is -4.91. The van der Waals surface area contributed by atoms with E-state index in [4.69, 9.17) is 4.74 Å². The van der Waals surface area contributed by atoms with Crippen LogP contribution in [-0.2, 0) is 23.8 Å². The van der Waals surface area contributed by atoms with Gasteiger partial charge in [0.15, 0.2) is 0 Å². The van der Waals surface area contributed by atoms with Crippen LogP contribution in [0.1, 0.15) is 23.6 Å². The van der Waals surface area contributed by atoms with Crippen LogP contribution in [0.25, 0.3) is 6.08 Å². The van der Waals surface area contributed by atoms with E-state index in [2.05, 4.69) is 19.0 Å². The van der Waals surface area contributed by atoms with Gasteiger partial charge in [0.05, 0.1) is 5.57 Å². The molecule has 1 aromatic carbocycles. The van der Waals surface area contributed by atoms with Gasteiger partial charge in [0.25, 0.3) is 5.09 Å². The molecule has 1 aliphatic rings. The highest BCUT2D eigenvalue weighted by atomic mass is 19.4. The van der Waals surface area contributed by atoms with Gasteiger partial charge in [0.2, 0.25) is 12.9 Å². The van der Waals surface area contributed by atoms with Crippen molar-refractivity contribution in [1.82, 2.24) is 0 Å². The number of alkyl halides is 3. The minimum absolute atomic E-state index is 0.00429. The Kier molecular flexibility index (Phi) is 7.31. The molecule has 0 aromatic heterocycles. The number of benzene rings is 1. The second kappa shape index (κ2) is 9.53. The number of carbonyl (C=O) groups is 2. The smallest absolute Gasteiger partial charge is 0.475 e. The first-order valence-corrected chi connectivity index (χ1v) is 8.72. The number of hydrogen-bond donors (Lipinski definition) is 0. The van der Waals surface area contributed by atoms with Crippen LogP contribution in [0.3, 0.4) is 0 Å². The molecule has 0 aliphatic carbocycles. The fraction of sp³-hybridized carbons (Fsp3) is 0.444. The third kappa shape index (κ3) is 6.49. The van der Waals surface area contributed by atoms with Gasteiger partial charge in [-0.2, -0.15) is 13.2 Å². The molecule has 0 saturated carbocycles. The molecule has 1 aromatic rings. The van der Waals surface area contributed by atoms with E-state index in [-0.39, 0.29) is 11.3 Å². The van der Waals surface area contributed by atoms with E-state index in [0.29, 0.717) is 5.56 Å². The normalized spacial score (nSPS) is 16.2. The van der Waals surface area contributed by atoms with Crippen LogP contribution in [0.5, 0.6) is 5.75 Å². The van der Waals surface area contributed by atoms with E-state index in [0.717, 1.165) is 11.6 Å². The van der Waals surface area contributed by atoms with E-state index in [1.807, 2.05) is 0 Å². The zero-order chi connectivity index (χ0) is 23.3. The molecule has 0 radical (unpaired) electrons. The zero-order valence-corrected chi connectivity index (χ0v) is 16.6. The highest BCUT2D eigenvalue weighted by molar-refractivity contribution is 5.96. The van der Waals surface area contributed by atoms with Crippen molar-refractivity contribution >= 4 is 18.2 Å². The third-order valence-corrected chi connectivity index (χ3v) is 3.88. The average molecular weight is 449 g/mol. The van der Waals surface area contributed by atoms with E-state index in [1.54, 1.807) is 26.0 Å². The molecular formula is C18H18F3NO9. The summed E-state index contributed by atoms with van der Waals surface area (Å²) >= 11 is 0. The number of hydrogen-bond acceptors (Lipinski definition) is 9. The molecular weight excluding hydrogens is 431 g/mol. The number of aryl methyl sites for hydroxylation is 2. The predicted octanol–water partition coefficient (Wildman–Crippen LogP) is 3.26. The quantitative estimate of drug-likeness (QED) is 0.267. The lowest BCUT2D eigenvalue weighted by molar-refractivity contribution is -0.767. The number of fused-ring (bicyclic) bond motifs is 1. The van der Waals surface area contributed by atoms with Gasteiger partial charge in [0, 0.05) is 5.56 Å². The van der Waals surface area contributed by atoms with Crippen molar-refractivity contribution in [1.29, 1.82) is 0 Å². The Hall–Kier alpha value is -3.51. The maximum Gasteiger partial charge on any atom is 0.511 e. The van der Waals surface area contributed by atoms with Gasteiger partial charge in [0.1, 0.15) is 18.5 Å². The summed E-state index contributed by atoms with van der Waals surface area (Å²) in [5, 5.41) is 9.04. The van der Waals surface area contributed by atoms with Crippen LogP contribution in [0.2, 0.25) is 0 Å². The predicted molar refractivity (Wildman–Crippen MR) is 95.3 cm³/mol. The van der Waals surface area contributed by atoms with Crippen molar-refractivity contribution in [3.05, 3.63) is 44.5 Å². The average Bonchev–Trinajstić information content (AvgIpc) is 2.63. The van der Waals surface area contributed by atoms with Crippen LogP contribution < -0.4 is 4.74 Å². The van der Waals surface area contributed by atoms with Crippen molar-refractivity contribution < 1.29 is 51.6 Å². The van der Waals surface area contributed by atoms with E-state index < -0.39 is 54.6 Å². The maximum absolute atomic E-state index is 13.4. The first kappa shape index (κ1) is 23.8. The van der Waals surface area contributed by atoms with Gasteiger partial charge in [-0.15, -0.1) is 10.1 Å². The molecule has 2 atom stereocenters. The summed E-state index contributed by atoms with van der Waals surface area (Å²) in [5.74, 6) is -1.42. The minimum Gasteiger partial charge on any atom is -0.475 e. The number of halogens is 3. The van der Waals surface area contributed by atoms with Crippen molar-refractivity contribution in [2.24, 2.45) is 0 Å². The maximum atomic E-state index is 13.4. The van der Waals surface area contributed by atoms with E-state index in [9.17, 15) is 32.9 Å². The summed E-state index contributed by atoms with van der Waals surface area (Å²) in [5.41, 5.74) is 0.657. The van der Waals surface area contributed by atoms with Crippen molar-refractivity contribution in [3.63, 3.8) is 0 Å². The number of nitrogens with zero attached hydrogens (tertiary/aromatic N) is 1. The monoisotopic (exact) mass is 449 g/mol. The SMILES string of the molecule is Cc1cc(C)c2c(c1)C=C(C(=O)OCOC(=O)OC[C@H](C)O[N+](=O)[O-])C(C(F)(F)F)O2. The molecule has 0 spiro atoms. The zero-order valence-electron chi connectivity index (χ0n) is 16.6. The van der Waals surface area contributed by atoms with Crippen molar-refractivity contribution in [3.8, 4) is 5.75 Å². The van der Waals surface area contributed by atoms with E-state index >= 15 is 0 Å². The Morgan fingerprint density at radius 1 is 1.23 bits per heavy atom. The Labute approximate surface area is 173 Å². The molecule has 31 heavy (non-hydrogen) atoms. The van der Waals surface area contributed by atoms with Crippen LogP contribution >= 0.6 is 0 Å². The fourth-order valence-corrected chi connectivity index (χ4v) is 2.71. The highest BCUT2D eigenvalue weighted by Crippen LogP contribution is 2.39. The lowest BCUT2D eigenvalue weighted by Crippen LogP contribution is -2.41.